The standard InChI is InChI=1S/C26H29ClN6O5S/c1-6-38-24(25-29-13-19(27)14-30-25)17(3)39(34,35)15-22-31-32-26(18-10-16(2)11-28-12-18)33(22)23-20(36-4)8-7-9-21(23)37-5/h7-14,17,24H,6,15H2,1-5H3/t17-,24+/m1/s1. The molecule has 39 heavy (non-hydrogen) atoms. The minimum atomic E-state index is -3.90. The average molecular weight is 573 g/mol. The second kappa shape index (κ2) is 12.1. The van der Waals surface area contributed by atoms with Gasteiger partial charge in [0.15, 0.2) is 27.3 Å². The van der Waals surface area contributed by atoms with Crippen molar-refractivity contribution in [2.75, 3.05) is 20.8 Å². The number of rotatable bonds is 11. The van der Waals surface area contributed by atoms with Crippen LogP contribution in [0.25, 0.3) is 17.1 Å². The van der Waals surface area contributed by atoms with E-state index < -0.39 is 26.9 Å². The zero-order valence-electron chi connectivity index (χ0n) is 22.2. The van der Waals surface area contributed by atoms with Gasteiger partial charge in [-0.05, 0) is 44.5 Å². The average Bonchev–Trinajstić information content (AvgIpc) is 3.33. The van der Waals surface area contributed by atoms with Gasteiger partial charge >= 0.3 is 0 Å². The van der Waals surface area contributed by atoms with E-state index in [4.69, 9.17) is 25.8 Å². The number of hydrogen-bond donors (Lipinski definition) is 0. The van der Waals surface area contributed by atoms with Crippen LogP contribution in [0.5, 0.6) is 11.5 Å². The molecule has 0 radical (unpaired) electrons. The summed E-state index contributed by atoms with van der Waals surface area (Å²) in [6, 6.07) is 7.16. The molecule has 3 aromatic heterocycles. The SMILES string of the molecule is CCO[C@H](c1ncc(Cl)cn1)[C@@H](C)S(=O)(=O)Cc1nnc(-c2cncc(C)c2)n1-c1c(OC)cccc1OC. The van der Waals surface area contributed by atoms with Gasteiger partial charge in [-0.1, -0.05) is 17.7 Å². The molecule has 0 bridgehead atoms. The van der Waals surface area contributed by atoms with E-state index in [2.05, 4.69) is 25.1 Å². The van der Waals surface area contributed by atoms with Crippen molar-refractivity contribution in [2.45, 2.75) is 37.9 Å². The van der Waals surface area contributed by atoms with Crippen molar-refractivity contribution in [1.82, 2.24) is 29.7 Å². The quantitative estimate of drug-likeness (QED) is 0.258. The minimum absolute atomic E-state index is 0.161. The third-order valence-electron chi connectivity index (χ3n) is 6.05. The van der Waals surface area contributed by atoms with Crippen LogP contribution in [-0.4, -0.2) is 64.2 Å². The molecule has 0 unspecified atom stereocenters. The Kier molecular flexibility index (Phi) is 8.78. The summed E-state index contributed by atoms with van der Waals surface area (Å²) in [6.45, 7) is 5.49. The number of nitrogens with zero attached hydrogens (tertiary/aromatic N) is 6. The van der Waals surface area contributed by atoms with Gasteiger partial charge in [-0.2, -0.15) is 0 Å². The summed E-state index contributed by atoms with van der Waals surface area (Å²) in [5.74, 6) is 1.20. The Balaban J connectivity index is 1.84. The Bertz CT molecular complexity index is 1520. The third-order valence-corrected chi connectivity index (χ3v) is 8.29. The van der Waals surface area contributed by atoms with E-state index in [-0.39, 0.29) is 18.3 Å². The lowest BCUT2D eigenvalue weighted by atomic mass is 10.2. The maximum Gasteiger partial charge on any atom is 0.170 e. The van der Waals surface area contributed by atoms with Crippen molar-refractivity contribution in [2.24, 2.45) is 0 Å². The van der Waals surface area contributed by atoms with E-state index in [1.54, 1.807) is 49.0 Å². The number of ether oxygens (including phenoxy) is 3. The smallest absolute Gasteiger partial charge is 0.170 e. The molecule has 4 rings (SSSR count). The first-order valence-corrected chi connectivity index (χ1v) is 14.2. The summed E-state index contributed by atoms with van der Waals surface area (Å²) in [7, 11) is -0.855. The predicted molar refractivity (Wildman–Crippen MR) is 146 cm³/mol. The number of sulfone groups is 1. The predicted octanol–water partition coefficient (Wildman–Crippen LogP) is 4.18. The van der Waals surface area contributed by atoms with E-state index >= 15 is 0 Å². The van der Waals surface area contributed by atoms with Gasteiger partial charge in [0.25, 0.3) is 0 Å². The van der Waals surface area contributed by atoms with E-state index in [0.717, 1.165) is 5.56 Å². The van der Waals surface area contributed by atoms with Crippen molar-refractivity contribution in [3.8, 4) is 28.6 Å². The zero-order valence-corrected chi connectivity index (χ0v) is 23.8. The lowest BCUT2D eigenvalue weighted by Gasteiger charge is -2.23. The second-order valence-electron chi connectivity index (χ2n) is 8.69. The highest BCUT2D eigenvalue weighted by Gasteiger charge is 2.35. The molecule has 0 aliphatic heterocycles. The molecule has 0 saturated heterocycles. The van der Waals surface area contributed by atoms with Gasteiger partial charge < -0.3 is 14.2 Å². The first-order chi connectivity index (χ1) is 18.7. The van der Waals surface area contributed by atoms with Gasteiger partial charge in [0.05, 0.1) is 24.5 Å². The highest BCUT2D eigenvalue weighted by molar-refractivity contribution is 7.91. The Morgan fingerprint density at radius 1 is 1.03 bits per heavy atom. The number of aryl methyl sites for hydroxylation is 1. The van der Waals surface area contributed by atoms with Crippen molar-refractivity contribution in [3.05, 3.63) is 71.3 Å². The van der Waals surface area contributed by atoms with Gasteiger partial charge in [-0.15, -0.1) is 10.2 Å². The van der Waals surface area contributed by atoms with Gasteiger partial charge in [0.2, 0.25) is 0 Å². The van der Waals surface area contributed by atoms with E-state index in [1.165, 1.54) is 26.6 Å². The van der Waals surface area contributed by atoms with Crippen molar-refractivity contribution in [3.63, 3.8) is 0 Å². The van der Waals surface area contributed by atoms with Crippen LogP contribution in [0.1, 0.15) is 37.2 Å². The molecule has 0 N–H and O–H groups in total. The lowest BCUT2D eigenvalue weighted by molar-refractivity contribution is 0.0556. The molecule has 4 aromatic rings. The molecule has 0 fully saturated rings. The fourth-order valence-electron chi connectivity index (χ4n) is 4.13. The lowest BCUT2D eigenvalue weighted by Crippen LogP contribution is -2.30. The van der Waals surface area contributed by atoms with Crippen molar-refractivity contribution >= 4 is 21.4 Å². The molecule has 0 aliphatic carbocycles. The Morgan fingerprint density at radius 2 is 1.69 bits per heavy atom. The van der Waals surface area contributed by atoms with Crippen molar-refractivity contribution < 1.29 is 22.6 Å². The second-order valence-corrected chi connectivity index (χ2v) is 11.5. The largest absolute Gasteiger partial charge is 0.494 e. The monoisotopic (exact) mass is 572 g/mol. The number of aromatic nitrogens is 6. The summed E-state index contributed by atoms with van der Waals surface area (Å²) in [5, 5.41) is 8.00. The number of halogens is 1. The molecule has 1 aromatic carbocycles. The first-order valence-electron chi connectivity index (χ1n) is 12.1. The van der Waals surface area contributed by atoms with Crippen LogP contribution in [0.3, 0.4) is 0 Å². The van der Waals surface area contributed by atoms with E-state index in [1.807, 2.05) is 13.0 Å². The van der Waals surface area contributed by atoms with Crippen LogP contribution in [0.2, 0.25) is 5.02 Å². The highest BCUT2D eigenvalue weighted by Crippen LogP contribution is 2.37. The normalized spacial score (nSPS) is 13.2. The molecule has 0 spiro atoms. The maximum atomic E-state index is 13.8. The Labute approximate surface area is 232 Å². The van der Waals surface area contributed by atoms with Gasteiger partial charge in [0.1, 0.15) is 29.0 Å². The highest BCUT2D eigenvalue weighted by atomic mass is 35.5. The molecule has 11 nitrogen and oxygen atoms in total. The Hall–Kier alpha value is -3.61. The van der Waals surface area contributed by atoms with Crippen LogP contribution >= 0.6 is 11.6 Å². The minimum Gasteiger partial charge on any atom is -0.494 e. The van der Waals surface area contributed by atoms with Gasteiger partial charge in [-0.25, -0.2) is 18.4 Å². The van der Waals surface area contributed by atoms with Crippen molar-refractivity contribution in [1.29, 1.82) is 0 Å². The topological polar surface area (TPSA) is 131 Å². The van der Waals surface area contributed by atoms with Crippen LogP contribution in [-0.2, 0) is 20.3 Å². The summed E-state index contributed by atoms with van der Waals surface area (Å²) in [6.07, 6.45) is 5.24. The number of para-hydroxylation sites is 1. The zero-order chi connectivity index (χ0) is 28.2. The summed E-state index contributed by atoms with van der Waals surface area (Å²) in [4.78, 5) is 12.7. The number of pyridine rings is 1. The molecule has 3 heterocycles. The maximum absolute atomic E-state index is 13.8. The molecular weight excluding hydrogens is 544 g/mol. The molecule has 2 atom stereocenters. The first kappa shape index (κ1) is 28.4. The van der Waals surface area contributed by atoms with E-state index in [0.29, 0.717) is 33.6 Å². The van der Waals surface area contributed by atoms with Crippen LogP contribution in [0.15, 0.2) is 49.1 Å². The summed E-state index contributed by atoms with van der Waals surface area (Å²) in [5.41, 5.74) is 2.01. The van der Waals surface area contributed by atoms with Crippen LogP contribution in [0.4, 0.5) is 0 Å². The van der Waals surface area contributed by atoms with E-state index in [9.17, 15) is 8.42 Å². The summed E-state index contributed by atoms with van der Waals surface area (Å²) >= 11 is 5.93. The molecular formula is C26H29ClN6O5S. The number of hydrogen-bond acceptors (Lipinski definition) is 10. The molecule has 0 saturated carbocycles. The fourth-order valence-corrected chi connectivity index (χ4v) is 5.61. The molecule has 13 heteroatoms. The number of methoxy groups -OCH3 is 2. The Morgan fingerprint density at radius 3 is 2.28 bits per heavy atom. The molecule has 206 valence electrons. The fraction of sp³-hybridized carbons (Fsp3) is 0.346. The van der Waals surface area contributed by atoms with Crippen LogP contribution < -0.4 is 9.47 Å². The summed E-state index contributed by atoms with van der Waals surface area (Å²) < 4.78 is 46.3. The van der Waals surface area contributed by atoms with Crippen LogP contribution in [0, 0.1) is 6.92 Å². The third kappa shape index (κ3) is 6.02. The number of benzene rings is 1. The molecule has 0 amide bonds. The van der Waals surface area contributed by atoms with Gasteiger partial charge in [-0.3, -0.25) is 9.55 Å². The van der Waals surface area contributed by atoms with Gasteiger partial charge in [0, 0.05) is 37.0 Å². The molecule has 0 aliphatic rings.